The van der Waals surface area contributed by atoms with E-state index in [9.17, 15) is 22.4 Å². The summed E-state index contributed by atoms with van der Waals surface area (Å²) in [4.78, 5) is 17.0. The normalized spacial score (nSPS) is 10.7. The van der Waals surface area contributed by atoms with Gasteiger partial charge in [-0.1, -0.05) is 0 Å². The van der Waals surface area contributed by atoms with E-state index in [1.807, 2.05) is 0 Å². The molecule has 0 aliphatic rings. The standard InChI is InChI=1S/C11H7F4N3O3.ClH/c12-6-2-1-5(3-7(6)21-11(13,14)15)20-10-8(16)9(19)17-4-18-10;/h1-4H,16H2,(H,17,18,19);1H. The summed E-state index contributed by atoms with van der Waals surface area (Å²) in [6.45, 7) is 0. The second-order valence-electron chi connectivity index (χ2n) is 3.69. The van der Waals surface area contributed by atoms with Crippen LogP contribution in [0.15, 0.2) is 29.3 Å². The minimum absolute atomic E-state index is 0. The molecule has 1 aromatic carbocycles. The number of halogens is 5. The lowest BCUT2D eigenvalue weighted by Crippen LogP contribution is -2.18. The Morgan fingerprint density at radius 2 is 1.95 bits per heavy atom. The van der Waals surface area contributed by atoms with Gasteiger partial charge in [-0.2, -0.15) is 0 Å². The lowest BCUT2D eigenvalue weighted by molar-refractivity contribution is -0.275. The molecule has 0 radical (unpaired) electrons. The third kappa shape index (κ3) is 4.25. The predicted octanol–water partition coefficient (Wildman–Crippen LogP) is 2.60. The highest BCUT2D eigenvalue weighted by Crippen LogP contribution is 2.31. The van der Waals surface area contributed by atoms with Gasteiger partial charge in [0.2, 0.25) is 5.88 Å². The van der Waals surface area contributed by atoms with Gasteiger partial charge in [0.25, 0.3) is 5.56 Å². The van der Waals surface area contributed by atoms with Crippen molar-refractivity contribution >= 4 is 18.1 Å². The molecule has 2 rings (SSSR count). The first-order valence-corrected chi connectivity index (χ1v) is 5.32. The number of hydrogen-bond acceptors (Lipinski definition) is 5. The molecule has 120 valence electrons. The summed E-state index contributed by atoms with van der Waals surface area (Å²) in [5.74, 6) is -2.88. The second-order valence-corrected chi connectivity index (χ2v) is 3.69. The largest absolute Gasteiger partial charge is 0.573 e. The Labute approximate surface area is 126 Å². The van der Waals surface area contributed by atoms with Gasteiger partial charge >= 0.3 is 6.36 Å². The topological polar surface area (TPSA) is 90.2 Å². The van der Waals surface area contributed by atoms with E-state index in [0.717, 1.165) is 12.4 Å². The van der Waals surface area contributed by atoms with Gasteiger partial charge in [0.1, 0.15) is 5.75 Å². The molecule has 0 saturated carbocycles. The number of alkyl halides is 3. The van der Waals surface area contributed by atoms with Crippen LogP contribution in [0.4, 0.5) is 23.2 Å². The zero-order valence-corrected chi connectivity index (χ0v) is 11.3. The van der Waals surface area contributed by atoms with Crippen LogP contribution in [-0.2, 0) is 0 Å². The SMILES string of the molecule is Cl.Nc1c(Oc2ccc(F)c(OC(F)(F)F)c2)nc[nH]c1=O. The molecule has 0 bridgehead atoms. The van der Waals surface area contributed by atoms with Crippen LogP contribution in [0, 0.1) is 5.82 Å². The van der Waals surface area contributed by atoms with E-state index < -0.39 is 23.5 Å². The van der Waals surface area contributed by atoms with Crippen molar-refractivity contribution in [3.63, 3.8) is 0 Å². The average Bonchev–Trinajstić information content (AvgIpc) is 2.37. The first-order chi connectivity index (χ1) is 9.76. The first-order valence-electron chi connectivity index (χ1n) is 5.32. The molecule has 0 aliphatic heterocycles. The van der Waals surface area contributed by atoms with Crippen molar-refractivity contribution in [1.82, 2.24) is 9.97 Å². The van der Waals surface area contributed by atoms with Crippen LogP contribution in [0.5, 0.6) is 17.4 Å². The maximum Gasteiger partial charge on any atom is 0.573 e. The fourth-order valence-corrected chi connectivity index (χ4v) is 1.34. The molecular weight excluding hydrogens is 334 g/mol. The van der Waals surface area contributed by atoms with E-state index in [2.05, 4.69) is 14.7 Å². The van der Waals surface area contributed by atoms with Crippen LogP contribution in [0.1, 0.15) is 0 Å². The molecule has 1 heterocycles. The minimum atomic E-state index is -5.05. The molecule has 0 amide bonds. The summed E-state index contributed by atoms with van der Waals surface area (Å²) < 4.78 is 58.0. The Bertz CT molecular complexity index is 720. The Morgan fingerprint density at radius 1 is 1.27 bits per heavy atom. The van der Waals surface area contributed by atoms with Crippen molar-refractivity contribution in [3.05, 3.63) is 40.7 Å². The number of aromatic amines is 1. The second kappa shape index (κ2) is 6.52. The Morgan fingerprint density at radius 3 is 2.59 bits per heavy atom. The molecule has 1 aromatic heterocycles. The Kier molecular flexibility index (Phi) is 5.20. The van der Waals surface area contributed by atoms with Crippen LogP contribution in [0.25, 0.3) is 0 Å². The average molecular weight is 342 g/mol. The molecule has 22 heavy (non-hydrogen) atoms. The third-order valence-electron chi connectivity index (χ3n) is 2.20. The van der Waals surface area contributed by atoms with Crippen molar-refractivity contribution in [2.75, 3.05) is 5.73 Å². The molecule has 0 fully saturated rings. The van der Waals surface area contributed by atoms with Gasteiger partial charge in [-0.25, -0.2) is 9.37 Å². The maximum absolute atomic E-state index is 13.2. The van der Waals surface area contributed by atoms with E-state index >= 15 is 0 Å². The van der Waals surface area contributed by atoms with Gasteiger partial charge in [0.15, 0.2) is 17.3 Å². The highest BCUT2D eigenvalue weighted by molar-refractivity contribution is 5.85. The third-order valence-corrected chi connectivity index (χ3v) is 2.20. The number of nitrogens with two attached hydrogens (primary N) is 1. The number of nitrogens with one attached hydrogen (secondary N) is 1. The molecule has 0 saturated heterocycles. The van der Waals surface area contributed by atoms with Gasteiger partial charge in [-0.3, -0.25) is 4.79 Å². The summed E-state index contributed by atoms with van der Waals surface area (Å²) in [7, 11) is 0. The summed E-state index contributed by atoms with van der Waals surface area (Å²) >= 11 is 0. The quantitative estimate of drug-likeness (QED) is 0.837. The Balaban J connectivity index is 0.00000242. The van der Waals surface area contributed by atoms with Crippen LogP contribution in [-0.4, -0.2) is 16.3 Å². The van der Waals surface area contributed by atoms with Gasteiger partial charge in [0, 0.05) is 6.07 Å². The zero-order chi connectivity index (χ0) is 15.6. The van der Waals surface area contributed by atoms with E-state index in [0.29, 0.717) is 12.1 Å². The molecule has 0 atom stereocenters. The number of anilines is 1. The predicted molar refractivity (Wildman–Crippen MR) is 69.7 cm³/mol. The number of benzene rings is 1. The van der Waals surface area contributed by atoms with Gasteiger partial charge in [-0.15, -0.1) is 25.6 Å². The highest BCUT2D eigenvalue weighted by atomic mass is 35.5. The van der Waals surface area contributed by atoms with Crippen LogP contribution in [0.3, 0.4) is 0 Å². The van der Waals surface area contributed by atoms with E-state index in [1.54, 1.807) is 0 Å². The number of ether oxygens (including phenoxy) is 2. The molecule has 0 spiro atoms. The molecule has 0 aliphatic carbocycles. The van der Waals surface area contributed by atoms with Crippen LogP contribution >= 0.6 is 12.4 Å². The first kappa shape index (κ1) is 17.6. The summed E-state index contributed by atoms with van der Waals surface area (Å²) in [5, 5.41) is 0. The molecular formula is C11H8ClF4N3O3. The fraction of sp³-hybridized carbons (Fsp3) is 0.0909. The van der Waals surface area contributed by atoms with E-state index in [4.69, 9.17) is 10.5 Å². The summed E-state index contributed by atoms with van der Waals surface area (Å²) in [6, 6.07) is 2.39. The fourth-order valence-electron chi connectivity index (χ4n) is 1.34. The molecule has 0 unspecified atom stereocenters. The molecule has 11 heteroatoms. The van der Waals surface area contributed by atoms with Crippen molar-refractivity contribution in [3.8, 4) is 17.4 Å². The lowest BCUT2D eigenvalue weighted by Gasteiger charge is -2.11. The number of H-pyrrole nitrogens is 1. The maximum atomic E-state index is 13.2. The highest BCUT2D eigenvalue weighted by Gasteiger charge is 2.32. The number of aromatic nitrogens is 2. The van der Waals surface area contributed by atoms with Gasteiger partial charge < -0.3 is 20.2 Å². The molecule has 3 N–H and O–H groups in total. The van der Waals surface area contributed by atoms with Crippen molar-refractivity contribution in [2.24, 2.45) is 0 Å². The summed E-state index contributed by atoms with van der Waals surface area (Å²) in [5.41, 5.74) is 4.32. The minimum Gasteiger partial charge on any atom is -0.437 e. The smallest absolute Gasteiger partial charge is 0.437 e. The van der Waals surface area contributed by atoms with Crippen LogP contribution in [0.2, 0.25) is 0 Å². The van der Waals surface area contributed by atoms with Gasteiger partial charge in [-0.05, 0) is 12.1 Å². The Hall–Kier alpha value is -2.49. The van der Waals surface area contributed by atoms with E-state index in [1.165, 1.54) is 0 Å². The lowest BCUT2D eigenvalue weighted by atomic mass is 10.3. The number of nitrogens with zero attached hydrogens (tertiary/aromatic N) is 1. The van der Waals surface area contributed by atoms with Crippen molar-refractivity contribution in [2.45, 2.75) is 6.36 Å². The van der Waals surface area contributed by atoms with Crippen LogP contribution < -0.4 is 20.8 Å². The molecule has 2 aromatic rings. The monoisotopic (exact) mass is 341 g/mol. The summed E-state index contributed by atoms with van der Waals surface area (Å²) in [6.07, 6.45) is -4.06. The van der Waals surface area contributed by atoms with Crippen molar-refractivity contribution < 1.29 is 27.0 Å². The number of nitrogen functional groups attached to an aromatic ring is 1. The number of rotatable bonds is 3. The molecule has 6 nitrogen and oxygen atoms in total. The zero-order valence-electron chi connectivity index (χ0n) is 10.5. The van der Waals surface area contributed by atoms with Crippen molar-refractivity contribution in [1.29, 1.82) is 0 Å². The van der Waals surface area contributed by atoms with E-state index in [-0.39, 0.29) is 29.7 Å². The van der Waals surface area contributed by atoms with Gasteiger partial charge in [0.05, 0.1) is 6.33 Å². The number of hydrogen-bond donors (Lipinski definition) is 2.